The fraction of sp³-hybridized carbons (Fsp3) is 0.316. The lowest BCUT2D eigenvalue weighted by Crippen LogP contribution is -2.45. The number of carbonyl (C=O) groups is 1. The molecule has 2 aromatic carbocycles. The van der Waals surface area contributed by atoms with Crippen molar-refractivity contribution in [1.82, 2.24) is 0 Å². The maximum absolute atomic E-state index is 13.6. The zero-order chi connectivity index (χ0) is 18.8. The van der Waals surface area contributed by atoms with Gasteiger partial charge in [0.15, 0.2) is 5.60 Å². The molecule has 2 aromatic rings. The van der Waals surface area contributed by atoms with Gasteiger partial charge in [-0.05, 0) is 47.7 Å². The van der Waals surface area contributed by atoms with Crippen LogP contribution in [0.5, 0.6) is 5.75 Å². The molecule has 0 aromatic heterocycles. The minimum Gasteiger partial charge on any atom is -0.508 e. The summed E-state index contributed by atoms with van der Waals surface area (Å²) in [5, 5.41) is 30.8. The van der Waals surface area contributed by atoms with Gasteiger partial charge >= 0.3 is 5.97 Å². The Morgan fingerprint density at radius 2 is 1.88 bits per heavy atom. The van der Waals surface area contributed by atoms with Crippen LogP contribution < -0.4 is 0 Å². The van der Waals surface area contributed by atoms with Gasteiger partial charge < -0.3 is 15.3 Å². The number of carboxylic acid groups (broad SMARTS) is 1. The van der Waals surface area contributed by atoms with Gasteiger partial charge in [0.25, 0.3) is 0 Å². The predicted octanol–water partition coefficient (Wildman–Crippen LogP) is 3.91. The molecule has 0 aliphatic carbocycles. The largest absolute Gasteiger partial charge is 0.508 e. The maximum Gasteiger partial charge on any atom is 0.336 e. The third-order valence-corrected chi connectivity index (χ3v) is 4.44. The van der Waals surface area contributed by atoms with E-state index < -0.39 is 22.8 Å². The number of hydrogen-bond acceptors (Lipinski definition) is 3. The van der Waals surface area contributed by atoms with Crippen molar-refractivity contribution in [3.05, 3.63) is 64.4 Å². The number of hydrogen-bond donors (Lipinski definition) is 3. The van der Waals surface area contributed by atoms with Gasteiger partial charge in [-0.1, -0.05) is 37.6 Å². The molecule has 3 N–H and O–H groups in total. The summed E-state index contributed by atoms with van der Waals surface area (Å²) in [5.74, 6) is -2.09. The summed E-state index contributed by atoms with van der Waals surface area (Å²) in [7, 11) is 0. The standard InChI is InChI=1S/C19H20ClFO4/c1-18(2,15-9-14(21)6-7-16(15)22)11-19(25,17(23)24)10-12-4-3-5-13(20)8-12/h3-9,22,25H,10-11H2,1-2H3,(H,23,24). The Morgan fingerprint density at radius 1 is 1.20 bits per heavy atom. The number of benzene rings is 2. The van der Waals surface area contributed by atoms with Crippen LogP contribution in [0.2, 0.25) is 5.02 Å². The zero-order valence-electron chi connectivity index (χ0n) is 14.0. The summed E-state index contributed by atoms with van der Waals surface area (Å²) < 4.78 is 13.6. The normalized spacial score (nSPS) is 14.1. The van der Waals surface area contributed by atoms with E-state index in [1.165, 1.54) is 6.07 Å². The smallest absolute Gasteiger partial charge is 0.336 e. The first kappa shape index (κ1) is 19.2. The van der Waals surface area contributed by atoms with Crippen molar-refractivity contribution in [2.24, 2.45) is 0 Å². The van der Waals surface area contributed by atoms with Crippen molar-refractivity contribution in [3.63, 3.8) is 0 Å². The molecule has 0 aliphatic rings. The molecule has 25 heavy (non-hydrogen) atoms. The van der Waals surface area contributed by atoms with E-state index in [1.807, 2.05) is 0 Å². The number of rotatable bonds is 6. The summed E-state index contributed by atoms with van der Waals surface area (Å²) in [5.41, 5.74) is -2.29. The van der Waals surface area contributed by atoms with Crippen LogP contribution in [0.15, 0.2) is 42.5 Å². The highest BCUT2D eigenvalue weighted by molar-refractivity contribution is 6.30. The fourth-order valence-corrected chi connectivity index (χ4v) is 3.29. The summed E-state index contributed by atoms with van der Waals surface area (Å²) in [4.78, 5) is 11.8. The van der Waals surface area contributed by atoms with Gasteiger partial charge in [-0.3, -0.25) is 0 Å². The van der Waals surface area contributed by atoms with E-state index in [-0.39, 0.29) is 24.2 Å². The molecule has 0 saturated heterocycles. The molecule has 0 radical (unpaired) electrons. The Kier molecular flexibility index (Phi) is 5.40. The fourth-order valence-electron chi connectivity index (χ4n) is 3.08. The van der Waals surface area contributed by atoms with E-state index in [2.05, 4.69) is 0 Å². The second kappa shape index (κ2) is 7.02. The quantitative estimate of drug-likeness (QED) is 0.724. The average Bonchev–Trinajstić information content (AvgIpc) is 2.48. The minimum absolute atomic E-state index is 0.151. The molecule has 2 rings (SSSR count). The first-order chi connectivity index (χ1) is 11.5. The van der Waals surface area contributed by atoms with Gasteiger partial charge in [0.05, 0.1) is 0 Å². The van der Waals surface area contributed by atoms with E-state index in [1.54, 1.807) is 38.1 Å². The number of aromatic hydroxyl groups is 1. The van der Waals surface area contributed by atoms with Crippen molar-refractivity contribution < 1.29 is 24.5 Å². The van der Waals surface area contributed by atoms with Gasteiger partial charge in [0, 0.05) is 17.0 Å². The summed E-state index contributed by atoms with van der Waals surface area (Å²) in [6.45, 7) is 3.29. The van der Waals surface area contributed by atoms with E-state index in [0.717, 1.165) is 12.1 Å². The van der Waals surface area contributed by atoms with Crippen LogP contribution in [-0.2, 0) is 16.6 Å². The third-order valence-electron chi connectivity index (χ3n) is 4.21. The number of phenols is 1. The Morgan fingerprint density at radius 3 is 2.48 bits per heavy atom. The van der Waals surface area contributed by atoms with Gasteiger partial charge in [-0.15, -0.1) is 0 Å². The topological polar surface area (TPSA) is 77.8 Å². The number of aliphatic hydroxyl groups is 1. The Hall–Kier alpha value is -2.11. The molecule has 134 valence electrons. The van der Waals surface area contributed by atoms with Crippen LogP contribution in [-0.4, -0.2) is 26.9 Å². The Bertz CT molecular complexity index is 791. The highest BCUT2D eigenvalue weighted by Gasteiger charge is 2.42. The van der Waals surface area contributed by atoms with Crippen LogP contribution in [0.4, 0.5) is 4.39 Å². The molecule has 0 heterocycles. The SMILES string of the molecule is CC(C)(CC(O)(Cc1cccc(Cl)c1)C(=O)O)c1cc(F)ccc1O. The Labute approximate surface area is 150 Å². The number of phenolic OH excluding ortho intramolecular Hbond substituents is 1. The van der Waals surface area contributed by atoms with Crippen LogP contribution >= 0.6 is 11.6 Å². The van der Waals surface area contributed by atoms with Crippen molar-refractivity contribution in [2.75, 3.05) is 0 Å². The molecule has 4 nitrogen and oxygen atoms in total. The van der Waals surface area contributed by atoms with Crippen molar-refractivity contribution in [3.8, 4) is 5.75 Å². The minimum atomic E-state index is -2.10. The summed E-state index contributed by atoms with van der Waals surface area (Å²) >= 11 is 5.92. The van der Waals surface area contributed by atoms with Gasteiger partial charge in [0.1, 0.15) is 11.6 Å². The number of halogens is 2. The van der Waals surface area contributed by atoms with Crippen molar-refractivity contribution in [2.45, 2.75) is 37.7 Å². The highest BCUT2D eigenvalue weighted by atomic mass is 35.5. The van der Waals surface area contributed by atoms with Gasteiger partial charge in [-0.2, -0.15) is 0 Å². The lowest BCUT2D eigenvalue weighted by molar-refractivity contribution is -0.160. The molecule has 6 heteroatoms. The molecule has 0 saturated carbocycles. The molecular formula is C19H20ClFO4. The summed E-state index contributed by atoms with van der Waals surface area (Å²) in [6.07, 6.45) is -0.388. The van der Waals surface area contributed by atoms with Gasteiger partial charge in [0.2, 0.25) is 0 Å². The monoisotopic (exact) mass is 366 g/mol. The van der Waals surface area contributed by atoms with Crippen LogP contribution in [0.3, 0.4) is 0 Å². The lowest BCUT2D eigenvalue weighted by Gasteiger charge is -2.34. The molecule has 0 spiro atoms. The molecule has 1 unspecified atom stereocenters. The van der Waals surface area contributed by atoms with E-state index in [9.17, 15) is 24.5 Å². The first-order valence-electron chi connectivity index (χ1n) is 7.73. The molecule has 0 bridgehead atoms. The second-order valence-corrected chi connectivity index (χ2v) is 7.30. The van der Waals surface area contributed by atoms with E-state index in [0.29, 0.717) is 10.6 Å². The van der Waals surface area contributed by atoms with Crippen LogP contribution in [0, 0.1) is 5.82 Å². The number of aliphatic carboxylic acids is 1. The molecule has 1 atom stereocenters. The highest BCUT2D eigenvalue weighted by Crippen LogP contribution is 2.39. The van der Waals surface area contributed by atoms with E-state index in [4.69, 9.17) is 11.6 Å². The van der Waals surface area contributed by atoms with Crippen LogP contribution in [0.25, 0.3) is 0 Å². The van der Waals surface area contributed by atoms with E-state index >= 15 is 0 Å². The first-order valence-corrected chi connectivity index (χ1v) is 8.10. The molecular weight excluding hydrogens is 347 g/mol. The predicted molar refractivity (Wildman–Crippen MR) is 93.4 cm³/mol. The van der Waals surface area contributed by atoms with Gasteiger partial charge in [-0.25, -0.2) is 9.18 Å². The third kappa shape index (κ3) is 4.50. The molecule has 0 aliphatic heterocycles. The molecule has 0 fully saturated rings. The average molecular weight is 367 g/mol. The lowest BCUT2D eigenvalue weighted by atomic mass is 9.73. The maximum atomic E-state index is 13.6. The zero-order valence-corrected chi connectivity index (χ0v) is 14.7. The number of carboxylic acids is 1. The van der Waals surface area contributed by atoms with Crippen LogP contribution in [0.1, 0.15) is 31.4 Å². The second-order valence-electron chi connectivity index (χ2n) is 6.87. The Balaban J connectivity index is 2.36. The summed E-state index contributed by atoms with van der Waals surface area (Å²) in [6, 6.07) is 10.1. The van der Waals surface area contributed by atoms with Crippen molar-refractivity contribution in [1.29, 1.82) is 0 Å². The van der Waals surface area contributed by atoms with Crippen molar-refractivity contribution >= 4 is 17.6 Å². The molecule has 0 amide bonds.